The quantitative estimate of drug-likeness (QED) is 0.784. The maximum Gasteiger partial charge on any atom is 0.0677 e. The van der Waals surface area contributed by atoms with Crippen LogP contribution < -0.4 is 0 Å². The molecule has 1 saturated carbocycles. The molecule has 1 aliphatic carbocycles. The first kappa shape index (κ1) is 12.4. The standard InChI is InChI=1S/C14H26O2/c1-11(2)12-3-7-14(15,8-4-12)13-5-9-16-10-6-13/h11-13,15H,3-10H2,1-2H3. The minimum absolute atomic E-state index is 0.366. The van der Waals surface area contributed by atoms with Gasteiger partial charge in [-0.05, 0) is 56.3 Å². The topological polar surface area (TPSA) is 29.5 Å². The summed E-state index contributed by atoms with van der Waals surface area (Å²) in [6, 6.07) is 0. The van der Waals surface area contributed by atoms with Crippen LogP contribution in [0, 0.1) is 17.8 Å². The Morgan fingerprint density at radius 1 is 1.06 bits per heavy atom. The number of rotatable bonds is 2. The highest BCUT2D eigenvalue weighted by Gasteiger charge is 2.40. The zero-order chi connectivity index (χ0) is 11.6. The van der Waals surface area contributed by atoms with Crippen LogP contribution in [-0.4, -0.2) is 23.9 Å². The molecule has 0 unspecified atom stereocenters. The van der Waals surface area contributed by atoms with Crippen molar-refractivity contribution >= 4 is 0 Å². The van der Waals surface area contributed by atoms with Gasteiger partial charge in [-0.1, -0.05) is 13.8 Å². The molecule has 0 aromatic carbocycles. The van der Waals surface area contributed by atoms with Gasteiger partial charge in [-0.3, -0.25) is 0 Å². The summed E-state index contributed by atoms with van der Waals surface area (Å²) < 4.78 is 5.38. The van der Waals surface area contributed by atoms with E-state index >= 15 is 0 Å². The monoisotopic (exact) mass is 226 g/mol. The Morgan fingerprint density at radius 2 is 1.62 bits per heavy atom. The summed E-state index contributed by atoms with van der Waals surface area (Å²) in [5.74, 6) is 2.11. The van der Waals surface area contributed by atoms with Gasteiger partial charge in [0.15, 0.2) is 0 Å². The van der Waals surface area contributed by atoms with Crippen LogP contribution in [-0.2, 0) is 4.74 Å². The van der Waals surface area contributed by atoms with E-state index in [4.69, 9.17) is 4.74 Å². The molecule has 1 N–H and O–H groups in total. The lowest BCUT2D eigenvalue weighted by atomic mass is 9.68. The van der Waals surface area contributed by atoms with E-state index in [-0.39, 0.29) is 5.60 Å². The SMILES string of the molecule is CC(C)C1CCC(O)(C2CCOCC2)CC1. The third-order valence-electron chi connectivity index (χ3n) is 4.82. The Morgan fingerprint density at radius 3 is 2.12 bits per heavy atom. The second-order valence-corrected chi connectivity index (χ2v) is 6.07. The first-order valence-corrected chi connectivity index (χ1v) is 6.92. The minimum atomic E-state index is -0.366. The van der Waals surface area contributed by atoms with E-state index in [1.54, 1.807) is 0 Å². The summed E-state index contributed by atoms with van der Waals surface area (Å²) in [7, 11) is 0. The summed E-state index contributed by atoms with van der Waals surface area (Å²) in [5.41, 5.74) is -0.366. The van der Waals surface area contributed by atoms with Crippen molar-refractivity contribution in [1.29, 1.82) is 0 Å². The van der Waals surface area contributed by atoms with E-state index in [9.17, 15) is 5.11 Å². The molecular formula is C14H26O2. The largest absolute Gasteiger partial charge is 0.390 e. The van der Waals surface area contributed by atoms with Gasteiger partial charge in [-0.2, -0.15) is 0 Å². The fraction of sp³-hybridized carbons (Fsp3) is 1.00. The summed E-state index contributed by atoms with van der Waals surface area (Å²) in [4.78, 5) is 0. The van der Waals surface area contributed by atoms with E-state index in [0.29, 0.717) is 5.92 Å². The van der Waals surface area contributed by atoms with Gasteiger partial charge in [-0.25, -0.2) is 0 Å². The van der Waals surface area contributed by atoms with Crippen LogP contribution in [0.1, 0.15) is 52.4 Å². The molecule has 2 aliphatic rings. The first-order chi connectivity index (χ1) is 7.62. The van der Waals surface area contributed by atoms with Crippen molar-refractivity contribution in [2.24, 2.45) is 17.8 Å². The number of hydrogen-bond acceptors (Lipinski definition) is 2. The van der Waals surface area contributed by atoms with Gasteiger partial charge < -0.3 is 9.84 Å². The van der Waals surface area contributed by atoms with Gasteiger partial charge in [0.25, 0.3) is 0 Å². The summed E-state index contributed by atoms with van der Waals surface area (Å²) in [6.07, 6.45) is 6.57. The molecule has 0 atom stereocenters. The van der Waals surface area contributed by atoms with Crippen molar-refractivity contribution in [3.8, 4) is 0 Å². The molecule has 2 fully saturated rings. The second-order valence-electron chi connectivity index (χ2n) is 6.07. The molecule has 16 heavy (non-hydrogen) atoms. The molecule has 2 rings (SSSR count). The molecule has 0 spiro atoms. The Labute approximate surface area is 99.4 Å². The molecule has 0 bridgehead atoms. The molecular weight excluding hydrogens is 200 g/mol. The Balaban J connectivity index is 1.89. The average molecular weight is 226 g/mol. The van der Waals surface area contributed by atoms with Crippen LogP contribution in [0.3, 0.4) is 0 Å². The molecule has 1 aliphatic heterocycles. The number of ether oxygens (including phenoxy) is 1. The van der Waals surface area contributed by atoms with Gasteiger partial charge in [0.05, 0.1) is 5.60 Å². The predicted octanol–water partition coefficient (Wildman–Crippen LogP) is 2.99. The third kappa shape index (κ3) is 2.60. The summed E-state index contributed by atoms with van der Waals surface area (Å²) in [5, 5.41) is 10.7. The van der Waals surface area contributed by atoms with E-state index in [0.717, 1.165) is 50.7 Å². The van der Waals surface area contributed by atoms with E-state index < -0.39 is 0 Å². The maximum atomic E-state index is 10.7. The molecule has 94 valence electrons. The van der Waals surface area contributed by atoms with Crippen LogP contribution in [0.5, 0.6) is 0 Å². The maximum absolute atomic E-state index is 10.7. The van der Waals surface area contributed by atoms with Gasteiger partial charge in [0, 0.05) is 13.2 Å². The Hall–Kier alpha value is -0.0800. The fourth-order valence-corrected chi connectivity index (χ4v) is 3.45. The molecule has 0 amide bonds. The van der Waals surface area contributed by atoms with Crippen molar-refractivity contribution in [3.05, 3.63) is 0 Å². The van der Waals surface area contributed by atoms with Crippen LogP contribution in [0.2, 0.25) is 0 Å². The number of hydrogen-bond donors (Lipinski definition) is 1. The van der Waals surface area contributed by atoms with Gasteiger partial charge in [0.2, 0.25) is 0 Å². The first-order valence-electron chi connectivity index (χ1n) is 6.92. The third-order valence-corrected chi connectivity index (χ3v) is 4.82. The van der Waals surface area contributed by atoms with Gasteiger partial charge in [-0.15, -0.1) is 0 Å². The lowest BCUT2D eigenvalue weighted by Gasteiger charge is -2.44. The lowest BCUT2D eigenvalue weighted by Crippen LogP contribution is -2.44. The van der Waals surface area contributed by atoms with Crippen molar-refractivity contribution in [2.75, 3.05) is 13.2 Å². The number of aliphatic hydroxyl groups is 1. The Kier molecular flexibility index (Phi) is 3.91. The second kappa shape index (κ2) is 5.05. The van der Waals surface area contributed by atoms with Crippen LogP contribution in [0.25, 0.3) is 0 Å². The molecule has 0 aromatic heterocycles. The molecule has 0 radical (unpaired) electrons. The predicted molar refractivity (Wildman–Crippen MR) is 65.3 cm³/mol. The molecule has 1 saturated heterocycles. The minimum Gasteiger partial charge on any atom is -0.390 e. The zero-order valence-electron chi connectivity index (χ0n) is 10.7. The van der Waals surface area contributed by atoms with Gasteiger partial charge >= 0.3 is 0 Å². The normalized spacial score (nSPS) is 37.9. The molecule has 2 heteroatoms. The highest BCUT2D eigenvalue weighted by atomic mass is 16.5. The molecule has 1 heterocycles. The molecule has 0 aromatic rings. The lowest BCUT2D eigenvalue weighted by molar-refractivity contribution is -0.0958. The van der Waals surface area contributed by atoms with Crippen molar-refractivity contribution in [2.45, 2.75) is 58.0 Å². The van der Waals surface area contributed by atoms with Crippen LogP contribution in [0.4, 0.5) is 0 Å². The highest BCUT2D eigenvalue weighted by Crippen LogP contribution is 2.42. The van der Waals surface area contributed by atoms with E-state index in [1.807, 2.05) is 0 Å². The van der Waals surface area contributed by atoms with Crippen molar-refractivity contribution in [3.63, 3.8) is 0 Å². The van der Waals surface area contributed by atoms with Crippen LogP contribution in [0.15, 0.2) is 0 Å². The van der Waals surface area contributed by atoms with Crippen molar-refractivity contribution in [1.82, 2.24) is 0 Å². The van der Waals surface area contributed by atoms with E-state index in [2.05, 4.69) is 13.8 Å². The smallest absolute Gasteiger partial charge is 0.0677 e. The Bertz CT molecular complexity index is 211. The van der Waals surface area contributed by atoms with E-state index in [1.165, 1.54) is 12.8 Å². The van der Waals surface area contributed by atoms with Crippen LogP contribution >= 0.6 is 0 Å². The molecule has 2 nitrogen and oxygen atoms in total. The van der Waals surface area contributed by atoms with Crippen molar-refractivity contribution < 1.29 is 9.84 Å². The summed E-state index contributed by atoms with van der Waals surface area (Å²) in [6.45, 7) is 6.31. The zero-order valence-corrected chi connectivity index (χ0v) is 10.7. The summed E-state index contributed by atoms with van der Waals surface area (Å²) >= 11 is 0. The average Bonchev–Trinajstić information content (AvgIpc) is 2.31. The highest BCUT2D eigenvalue weighted by molar-refractivity contribution is 4.92. The fourth-order valence-electron chi connectivity index (χ4n) is 3.45. The van der Waals surface area contributed by atoms with Gasteiger partial charge in [0.1, 0.15) is 0 Å².